The summed E-state index contributed by atoms with van der Waals surface area (Å²) in [6.07, 6.45) is 0.234. The molecule has 0 fully saturated rings. The quantitative estimate of drug-likeness (QED) is 0.545. The van der Waals surface area contributed by atoms with Gasteiger partial charge in [0.05, 0.1) is 0 Å². The number of carbonyl (C=O) groups excluding carboxylic acids is 1. The van der Waals surface area contributed by atoms with E-state index in [0.717, 1.165) is 0 Å². The molecule has 0 spiro atoms. The van der Waals surface area contributed by atoms with Crippen LogP contribution in [0.1, 0.15) is 13.8 Å². The van der Waals surface area contributed by atoms with Gasteiger partial charge >= 0.3 is 0 Å². The number of hydrogen-bond donors (Lipinski definition) is 1. The Balaban J connectivity index is 0. The Bertz CT molecular complexity index is 162. The summed E-state index contributed by atoms with van der Waals surface area (Å²) in [6, 6.07) is 0. The summed E-state index contributed by atoms with van der Waals surface area (Å²) in [7, 11) is 0. The Morgan fingerprint density at radius 3 is 1.14 bits per heavy atom. The second kappa shape index (κ2) is 6.19. The summed E-state index contributed by atoms with van der Waals surface area (Å²) in [5.41, 5.74) is -1.27. The topological polar surface area (TPSA) is 37.3 Å². The predicted molar refractivity (Wildman–Crippen MR) is 62.9 cm³/mol. The summed E-state index contributed by atoms with van der Waals surface area (Å²) in [6.45, 7) is 2.86. The van der Waals surface area contributed by atoms with E-state index in [1.807, 2.05) is 0 Å². The Hall–Kier alpha value is 1.37. The van der Waals surface area contributed by atoms with Crippen molar-refractivity contribution < 1.29 is 9.90 Å². The van der Waals surface area contributed by atoms with Gasteiger partial charge in [-0.25, -0.2) is 0 Å². The van der Waals surface area contributed by atoms with Crippen LogP contribution in [0.3, 0.4) is 0 Å². The molecule has 0 unspecified atom stereocenters. The zero-order valence-corrected chi connectivity index (χ0v) is 11.7. The standard InChI is InChI=1S/C4H7Cl3O.C2HCl3O/c1-3(2,8)4(5,6)7;3-2(4,5)1-6/h8H,1-2H3;1H. The Kier molecular flexibility index (Phi) is 7.85. The van der Waals surface area contributed by atoms with Crippen molar-refractivity contribution >= 4 is 75.9 Å². The van der Waals surface area contributed by atoms with Crippen molar-refractivity contribution in [3.05, 3.63) is 0 Å². The third-order valence-corrected chi connectivity index (χ3v) is 2.48. The zero-order valence-electron chi connectivity index (χ0n) is 7.20. The van der Waals surface area contributed by atoms with Gasteiger partial charge in [-0.2, -0.15) is 0 Å². The average molecular weight is 325 g/mol. The van der Waals surface area contributed by atoms with E-state index in [0.29, 0.717) is 0 Å². The Labute approximate surface area is 112 Å². The average Bonchev–Trinajstić information content (AvgIpc) is 1.82. The molecule has 0 radical (unpaired) electrons. The zero-order chi connectivity index (χ0) is 12.2. The highest BCUT2D eigenvalue weighted by Crippen LogP contribution is 2.37. The number of halogens is 6. The van der Waals surface area contributed by atoms with Crippen molar-refractivity contribution in [2.75, 3.05) is 0 Å². The number of rotatable bonds is 0. The van der Waals surface area contributed by atoms with E-state index in [1.165, 1.54) is 13.8 Å². The number of hydrogen-bond acceptors (Lipinski definition) is 2. The molecule has 0 heterocycles. The highest BCUT2D eigenvalue weighted by molar-refractivity contribution is 6.74. The van der Waals surface area contributed by atoms with Gasteiger partial charge in [0.1, 0.15) is 5.60 Å². The lowest BCUT2D eigenvalue weighted by Gasteiger charge is -2.25. The SMILES string of the molecule is CC(C)(O)C(Cl)(Cl)Cl.O=CC(Cl)(Cl)Cl. The monoisotopic (exact) mass is 322 g/mol. The van der Waals surface area contributed by atoms with Crippen LogP contribution >= 0.6 is 69.6 Å². The Morgan fingerprint density at radius 1 is 1.00 bits per heavy atom. The van der Waals surface area contributed by atoms with E-state index in [1.54, 1.807) is 0 Å². The molecule has 0 aromatic carbocycles. The van der Waals surface area contributed by atoms with Crippen LogP contribution in [0.15, 0.2) is 0 Å². The molecule has 0 atom stereocenters. The lowest BCUT2D eigenvalue weighted by molar-refractivity contribution is -0.107. The van der Waals surface area contributed by atoms with E-state index < -0.39 is 13.2 Å². The van der Waals surface area contributed by atoms with Gasteiger partial charge in [0.25, 0.3) is 0 Å². The first-order valence-corrected chi connectivity index (χ1v) is 5.40. The molecule has 0 aromatic rings. The van der Waals surface area contributed by atoms with Crippen LogP contribution < -0.4 is 0 Å². The van der Waals surface area contributed by atoms with Crippen molar-refractivity contribution in [3.63, 3.8) is 0 Å². The van der Waals surface area contributed by atoms with E-state index in [4.69, 9.17) is 74.7 Å². The first kappa shape index (κ1) is 17.8. The van der Waals surface area contributed by atoms with Gasteiger partial charge in [0, 0.05) is 0 Å². The molecule has 0 saturated heterocycles. The second-order valence-corrected chi connectivity index (χ2v) is 7.37. The molecular weight excluding hydrogens is 317 g/mol. The molecule has 0 aliphatic carbocycles. The lowest BCUT2D eigenvalue weighted by Crippen LogP contribution is -2.35. The number of aliphatic hydroxyl groups is 1. The fourth-order valence-electron chi connectivity index (χ4n) is 0. The minimum atomic E-state index is -1.72. The third-order valence-electron chi connectivity index (χ3n) is 0.827. The number of aldehydes is 1. The van der Waals surface area contributed by atoms with Crippen LogP contribution in [0.25, 0.3) is 0 Å². The molecule has 14 heavy (non-hydrogen) atoms. The van der Waals surface area contributed by atoms with Crippen molar-refractivity contribution in [1.82, 2.24) is 0 Å². The van der Waals surface area contributed by atoms with Crippen LogP contribution in [0, 0.1) is 0 Å². The van der Waals surface area contributed by atoms with Crippen LogP contribution in [0.4, 0.5) is 0 Å². The summed E-state index contributed by atoms with van der Waals surface area (Å²) in [5, 5.41) is 8.96. The van der Waals surface area contributed by atoms with Gasteiger partial charge in [0.2, 0.25) is 7.59 Å². The molecule has 1 N–H and O–H groups in total. The first-order chi connectivity index (χ1) is 5.81. The molecule has 0 bridgehead atoms. The first-order valence-electron chi connectivity index (χ1n) is 3.13. The normalized spacial score (nSPS) is 12.9. The number of alkyl halides is 6. The molecule has 0 saturated carbocycles. The molecule has 0 rings (SSSR count). The van der Waals surface area contributed by atoms with Crippen molar-refractivity contribution in [2.24, 2.45) is 0 Å². The van der Waals surface area contributed by atoms with Crippen molar-refractivity contribution in [1.29, 1.82) is 0 Å². The third kappa shape index (κ3) is 11.4. The fraction of sp³-hybridized carbons (Fsp3) is 0.833. The van der Waals surface area contributed by atoms with Gasteiger partial charge in [-0.1, -0.05) is 69.6 Å². The molecule has 0 aliphatic heterocycles. The second-order valence-electron chi connectivity index (χ2n) is 2.72. The fourth-order valence-corrected chi connectivity index (χ4v) is 0. The highest BCUT2D eigenvalue weighted by Gasteiger charge is 2.38. The van der Waals surface area contributed by atoms with Gasteiger partial charge < -0.3 is 5.11 Å². The van der Waals surface area contributed by atoms with Crippen molar-refractivity contribution in [3.8, 4) is 0 Å². The number of carbonyl (C=O) groups is 1. The predicted octanol–water partition coefficient (Wildman–Crippen LogP) is 3.68. The van der Waals surface area contributed by atoms with Crippen molar-refractivity contribution in [2.45, 2.75) is 27.0 Å². The van der Waals surface area contributed by atoms with E-state index in [-0.39, 0.29) is 6.29 Å². The summed E-state index contributed by atoms with van der Waals surface area (Å²) < 4.78 is -3.31. The maximum absolute atomic E-state index is 9.43. The largest absolute Gasteiger partial charge is 0.386 e. The van der Waals surface area contributed by atoms with Crippen LogP contribution in [0.2, 0.25) is 0 Å². The molecular formula is C6H8Cl6O2. The van der Waals surface area contributed by atoms with E-state index >= 15 is 0 Å². The molecule has 2 nitrogen and oxygen atoms in total. The molecule has 0 amide bonds. The van der Waals surface area contributed by atoms with Crippen LogP contribution in [-0.2, 0) is 4.79 Å². The summed E-state index contributed by atoms with van der Waals surface area (Å²) >= 11 is 30.5. The maximum atomic E-state index is 9.43. The van der Waals surface area contributed by atoms with Gasteiger partial charge in [-0.3, -0.25) is 4.79 Å². The maximum Gasteiger partial charge on any atom is 0.245 e. The summed E-state index contributed by atoms with van der Waals surface area (Å²) in [4.78, 5) is 9.43. The summed E-state index contributed by atoms with van der Waals surface area (Å²) in [5.74, 6) is 0. The molecule has 0 aromatic heterocycles. The smallest absolute Gasteiger partial charge is 0.245 e. The van der Waals surface area contributed by atoms with Crippen LogP contribution in [0.5, 0.6) is 0 Å². The van der Waals surface area contributed by atoms with Gasteiger partial charge in [0.15, 0.2) is 6.29 Å². The molecule has 0 aliphatic rings. The van der Waals surface area contributed by atoms with E-state index in [2.05, 4.69) is 0 Å². The lowest BCUT2D eigenvalue weighted by atomic mass is 10.2. The van der Waals surface area contributed by atoms with Gasteiger partial charge in [-0.15, -0.1) is 0 Å². The van der Waals surface area contributed by atoms with Gasteiger partial charge in [-0.05, 0) is 13.8 Å². The van der Waals surface area contributed by atoms with Crippen LogP contribution in [-0.4, -0.2) is 24.6 Å². The van der Waals surface area contributed by atoms with E-state index in [9.17, 15) is 4.79 Å². The Morgan fingerprint density at radius 2 is 1.14 bits per heavy atom. The minimum Gasteiger partial charge on any atom is -0.386 e. The molecule has 8 heteroatoms. The highest BCUT2D eigenvalue weighted by atomic mass is 35.6. The molecule has 86 valence electrons. The minimum absolute atomic E-state index is 0.234.